The maximum Gasteiger partial charge on any atom is 0.134 e. The number of benzene rings is 1. The van der Waals surface area contributed by atoms with Crippen LogP contribution in [0.5, 0.6) is 5.75 Å². The summed E-state index contributed by atoms with van der Waals surface area (Å²) in [6.45, 7) is 2.85. The Morgan fingerprint density at radius 2 is 2.14 bits per heavy atom. The largest absolute Gasteiger partial charge is 0.497 e. The number of hydrogen-bond acceptors (Lipinski definition) is 4. The number of hydrogen-bond donors (Lipinski definition) is 1. The van der Waals surface area contributed by atoms with Crippen molar-refractivity contribution < 1.29 is 23.4 Å². The third-order valence-corrected chi connectivity index (χ3v) is 4.99. The average Bonchev–Trinajstić information content (AvgIpc) is 2.89. The standard InChI is InChI=1S/C16H21F2NO3/c1-21-12-4-14(17)13(15(18)5-12)7-19-6-11-8-22-3-2-16(11,9-19)10-20/h4-5,11,20H,2-3,6-10H2,1H3/t11-,16-/m1/s1. The second-order valence-electron chi connectivity index (χ2n) is 6.28. The van der Waals surface area contributed by atoms with Crippen LogP contribution in [0.1, 0.15) is 12.0 Å². The SMILES string of the molecule is COc1cc(F)c(CN2C[C@@H]3COCC[C@]3(CO)C2)c(F)c1. The third-order valence-electron chi connectivity index (χ3n) is 4.99. The molecule has 0 saturated carbocycles. The van der Waals surface area contributed by atoms with E-state index in [0.717, 1.165) is 6.42 Å². The molecule has 2 saturated heterocycles. The topological polar surface area (TPSA) is 41.9 Å². The van der Waals surface area contributed by atoms with Crippen LogP contribution >= 0.6 is 0 Å². The van der Waals surface area contributed by atoms with E-state index in [1.807, 2.05) is 4.90 Å². The molecule has 1 aromatic carbocycles. The molecule has 4 nitrogen and oxygen atoms in total. The lowest BCUT2D eigenvalue weighted by molar-refractivity contribution is -0.0417. The van der Waals surface area contributed by atoms with Crippen molar-refractivity contribution in [3.8, 4) is 5.75 Å². The molecule has 6 heteroatoms. The van der Waals surface area contributed by atoms with Gasteiger partial charge in [0.15, 0.2) is 0 Å². The minimum atomic E-state index is -0.596. The van der Waals surface area contributed by atoms with Gasteiger partial charge in [-0.05, 0) is 6.42 Å². The Bertz CT molecular complexity index is 531. The minimum absolute atomic E-state index is 0.0495. The number of nitrogens with zero attached hydrogens (tertiary/aromatic N) is 1. The van der Waals surface area contributed by atoms with E-state index >= 15 is 0 Å². The van der Waals surface area contributed by atoms with Crippen LogP contribution in [0, 0.1) is 23.0 Å². The van der Waals surface area contributed by atoms with Crippen molar-refractivity contribution in [2.24, 2.45) is 11.3 Å². The summed E-state index contributed by atoms with van der Waals surface area (Å²) in [7, 11) is 1.38. The highest BCUT2D eigenvalue weighted by atomic mass is 19.1. The van der Waals surface area contributed by atoms with Crippen LogP contribution in [0.25, 0.3) is 0 Å². The smallest absolute Gasteiger partial charge is 0.134 e. The van der Waals surface area contributed by atoms with Gasteiger partial charge in [0.1, 0.15) is 17.4 Å². The number of aliphatic hydroxyl groups excluding tert-OH is 1. The molecule has 3 rings (SSSR count). The van der Waals surface area contributed by atoms with Crippen molar-refractivity contribution in [2.75, 3.05) is 40.0 Å². The number of aliphatic hydroxyl groups is 1. The molecule has 0 aromatic heterocycles. The Hall–Kier alpha value is -1.24. The molecule has 22 heavy (non-hydrogen) atoms. The molecule has 1 aromatic rings. The second-order valence-corrected chi connectivity index (χ2v) is 6.28. The van der Waals surface area contributed by atoms with E-state index in [4.69, 9.17) is 9.47 Å². The normalized spacial score (nSPS) is 28.6. The molecule has 0 amide bonds. The van der Waals surface area contributed by atoms with Gasteiger partial charge in [0.05, 0.1) is 20.3 Å². The van der Waals surface area contributed by atoms with Gasteiger partial charge < -0.3 is 14.6 Å². The summed E-state index contributed by atoms with van der Waals surface area (Å²) >= 11 is 0. The van der Waals surface area contributed by atoms with Crippen molar-refractivity contribution >= 4 is 0 Å². The number of methoxy groups -OCH3 is 1. The summed E-state index contributed by atoms with van der Waals surface area (Å²) in [5.74, 6) is -0.799. The van der Waals surface area contributed by atoms with E-state index in [1.165, 1.54) is 19.2 Å². The van der Waals surface area contributed by atoms with Crippen molar-refractivity contribution in [3.63, 3.8) is 0 Å². The van der Waals surface area contributed by atoms with Crippen molar-refractivity contribution in [1.82, 2.24) is 4.90 Å². The molecule has 2 aliphatic rings. The van der Waals surface area contributed by atoms with Gasteiger partial charge in [0.2, 0.25) is 0 Å². The third kappa shape index (κ3) is 2.71. The van der Waals surface area contributed by atoms with Crippen molar-refractivity contribution in [2.45, 2.75) is 13.0 Å². The molecule has 0 unspecified atom stereocenters. The Balaban J connectivity index is 1.77. The zero-order chi connectivity index (χ0) is 15.7. The van der Waals surface area contributed by atoms with E-state index in [9.17, 15) is 13.9 Å². The van der Waals surface area contributed by atoms with Crippen molar-refractivity contribution in [1.29, 1.82) is 0 Å². The maximum absolute atomic E-state index is 14.1. The van der Waals surface area contributed by atoms with E-state index in [-0.39, 0.29) is 35.8 Å². The molecular weight excluding hydrogens is 292 g/mol. The van der Waals surface area contributed by atoms with Gasteiger partial charge in [0.25, 0.3) is 0 Å². The van der Waals surface area contributed by atoms with E-state index in [2.05, 4.69) is 0 Å². The van der Waals surface area contributed by atoms with Gasteiger partial charge in [-0.1, -0.05) is 0 Å². The highest BCUT2D eigenvalue weighted by molar-refractivity contribution is 5.30. The predicted molar refractivity (Wildman–Crippen MR) is 76.6 cm³/mol. The zero-order valence-electron chi connectivity index (χ0n) is 12.6. The summed E-state index contributed by atoms with van der Waals surface area (Å²) in [5.41, 5.74) is -0.147. The number of halogens is 2. The molecule has 0 bridgehead atoms. The van der Waals surface area contributed by atoms with Crippen LogP contribution in [-0.4, -0.2) is 50.0 Å². The van der Waals surface area contributed by atoms with Gasteiger partial charge in [-0.3, -0.25) is 4.90 Å². The van der Waals surface area contributed by atoms with Crippen LogP contribution in [0.2, 0.25) is 0 Å². The fourth-order valence-corrected chi connectivity index (χ4v) is 3.61. The van der Waals surface area contributed by atoms with Crippen LogP contribution in [0.15, 0.2) is 12.1 Å². The Labute approximate surface area is 128 Å². The quantitative estimate of drug-likeness (QED) is 0.920. The van der Waals surface area contributed by atoms with Crippen LogP contribution in [0.4, 0.5) is 8.78 Å². The van der Waals surface area contributed by atoms with E-state index < -0.39 is 11.6 Å². The Kier molecular flexibility index (Phi) is 4.34. The predicted octanol–water partition coefficient (Wildman–Crippen LogP) is 1.80. The number of ether oxygens (including phenoxy) is 2. The number of likely N-dealkylation sites (tertiary alicyclic amines) is 1. The molecule has 2 fully saturated rings. The Morgan fingerprint density at radius 1 is 1.41 bits per heavy atom. The molecule has 2 heterocycles. The summed E-state index contributed by atoms with van der Waals surface area (Å²) in [5, 5.41) is 9.77. The fourth-order valence-electron chi connectivity index (χ4n) is 3.61. The van der Waals surface area contributed by atoms with E-state index in [1.54, 1.807) is 0 Å². The van der Waals surface area contributed by atoms with Crippen LogP contribution in [-0.2, 0) is 11.3 Å². The average molecular weight is 313 g/mol. The molecule has 1 N–H and O–H groups in total. The molecule has 0 aliphatic carbocycles. The highest BCUT2D eigenvalue weighted by Gasteiger charge is 2.47. The fraction of sp³-hybridized carbons (Fsp3) is 0.625. The number of fused-ring (bicyclic) bond motifs is 1. The lowest BCUT2D eigenvalue weighted by Crippen LogP contribution is -2.41. The Morgan fingerprint density at radius 3 is 2.73 bits per heavy atom. The molecule has 2 aliphatic heterocycles. The number of rotatable bonds is 4. The summed E-state index contributed by atoms with van der Waals surface area (Å²) in [6.07, 6.45) is 0.790. The molecule has 122 valence electrons. The second kappa shape index (κ2) is 6.10. The molecule has 0 spiro atoms. The van der Waals surface area contributed by atoms with Gasteiger partial charge in [-0.15, -0.1) is 0 Å². The maximum atomic E-state index is 14.1. The molecule has 2 atom stereocenters. The first-order chi connectivity index (χ1) is 10.6. The van der Waals surface area contributed by atoms with E-state index in [0.29, 0.717) is 26.3 Å². The van der Waals surface area contributed by atoms with Crippen LogP contribution < -0.4 is 4.74 Å². The lowest BCUT2D eigenvalue weighted by atomic mass is 9.75. The summed E-state index contributed by atoms with van der Waals surface area (Å²) in [4.78, 5) is 2.00. The van der Waals surface area contributed by atoms with Gasteiger partial charge >= 0.3 is 0 Å². The summed E-state index contributed by atoms with van der Waals surface area (Å²) in [6, 6.07) is 2.40. The monoisotopic (exact) mass is 313 g/mol. The highest BCUT2D eigenvalue weighted by Crippen LogP contribution is 2.42. The van der Waals surface area contributed by atoms with Gasteiger partial charge in [0, 0.05) is 55.3 Å². The first-order valence-corrected chi connectivity index (χ1v) is 7.51. The van der Waals surface area contributed by atoms with Crippen LogP contribution in [0.3, 0.4) is 0 Å². The lowest BCUT2D eigenvalue weighted by Gasteiger charge is -2.36. The van der Waals surface area contributed by atoms with Crippen molar-refractivity contribution in [3.05, 3.63) is 29.3 Å². The zero-order valence-corrected chi connectivity index (χ0v) is 12.6. The van der Waals surface area contributed by atoms with Gasteiger partial charge in [-0.25, -0.2) is 8.78 Å². The van der Waals surface area contributed by atoms with Gasteiger partial charge in [-0.2, -0.15) is 0 Å². The molecular formula is C16H21F2NO3. The first kappa shape index (κ1) is 15.6. The summed E-state index contributed by atoms with van der Waals surface area (Å²) < 4.78 is 38.5. The first-order valence-electron chi connectivity index (χ1n) is 7.51. The molecule has 0 radical (unpaired) electrons. The minimum Gasteiger partial charge on any atom is -0.497 e.